The molecule has 0 aliphatic rings. The van der Waals surface area contributed by atoms with E-state index in [1.807, 2.05) is 60.7 Å². The van der Waals surface area contributed by atoms with Crippen molar-refractivity contribution in [2.45, 2.75) is 51.4 Å². The second-order valence-corrected chi connectivity index (χ2v) is 14.6. The molecule has 0 saturated carbocycles. The van der Waals surface area contributed by atoms with E-state index in [2.05, 4.69) is 56.9 Å². The molecular weight excluding hydrogens is 507 g/mol. The first-order chi connectivity index (χ1) is 18.8. The molecule has 0 bridgehead atoms. The molecule has 0 saturated heterocycles. The molecule has 4 nitrogen and oxygen atoms in total. The van der Waals surface area contributed by atoms with Gasteiger partial charge >= 0.3 is 0 Å². The summed E-state index contributed by atoms with van der Waals surface area (Å²) in [6.07, 6.45) is 0.647. The molecule has 1 unspecified atom stereocenters. The van der Waals surface area contributed by atoms with Gasteiger partial charge in [0, 0.05) is 13.0 Å². The fraction of sp³-hybridized carbons (Fsp3) is 0.333. The smallest absolute Gasteiger partial charge is 0.261 e. The maximum absolute atomic E-state index is 14.6. The Balaban J connectivity index is 1.55. The van der Waals surface area contributed by atoms with Crippen molar-refractivity contribution >= 4 is 18.7 Å². The average Bonchev–Trinajstić information content (AvgIpc) is 2.95. The summed E-state index contributed by atoms with van der Waals surface area (Å²) in [5, 5.41) is 12.3. The highest BCUT2D eigenvalue weighted by Crippen LogP contribution is 2.36. The highest BCUT2D eigenvalue weighted by atomic mass is 28.4. The first kappa shape index (κ1) is 30.3. The molecule has 0 amide bonds. The van der Waals surface area contributed by atoms with E-state index in [-0.39, 0.29) is 5.04 Å². The minimum Gasteiger partial charge on any atom is -0.497 e. The molecule has 0 heterocycles. The van der Waals surface area contributed by atoms with Crippen LogP contribution in [-0.4, -0.2) is 39.9 Å². The predicted molar refractivity (Wildman–Crippen MR) is 158 cm³/mol. The summed E-state index contributed by atoms with van der Waals surface area (Å²) in [7, 11) is -1.05. The summed E-state index contributed by atoms with van der Waals surface area (Å²) in [4.78, 5) is 0. The standard InChI is InChI=1S/C33H39FO4Si/c1-33(2,3)39(29-14-7-5-8-15-29,30-16-9-6-10-17-30)38-25-13-18-31(34)32(35)19-11-12-24-37-26-27-20-22-28(36-4)23-21-27/h5-10,14-18,20-23,32,35H,12-13,24-26H2,1-4H3/b31-18+. The van der Waals surface area contributed by atoms with Gasteiger partial charge < -0.3 is 19.0 Å². The number of benzene rings is 3. The lowest BCUT2D eigenvalue weighted by atomic mass is 10.2. The van der Waals surface area contributed by atoms with Gasteiger partial charge in [-0.2, -0.15) is 0 Å². The van der Waals surface area contributed by atoms with Crippen LogP contribution >= 0.6 is 0 Å². The maximum atomic E-state index is 14.6. The van der Waals surface area contributed by atoms with Gasteiger partial charge in [0.2, 0.25) is 0 Å². The molecule has 1 N–H and O–H groups in total. The zero-order valence-electron chi connectivity index (χ0n) is 23.3. The molecule has 39 heavy (non-hydrogen) atoms. The van der Waals surface area contributed by atoms with E-state index in [4.69, 9.17) is 13.9 Å². The van der Waals surface area contributed by atoms with Gasteiger partial charge in [0.05, 0.1) is 20.3 Å². The van der Waals surface area contributed by atoms with Crippen LogP contribution in [0.15, 0.2) is 96.8 Å². The predicted octanol–water partition coefficient (Wildman–Crippen LogP) is 5.79. The van der Waals surface area contributed by atoms with E-state index in [1.54, 1.807) is 7.11 Å². The Labute approximate surface area is 233 Å². The van der Waals surface area contributed by atoms with Crippen LogP contribution in [-0.2, 0) is 15.8 Å². The van der Waals surface area contributed by atoms with Crippen LogP contribution in [0, 0.1) is 11.8 Å². The van der Waals surface area contributed by atoms with Gasteiger partial charge in [0.1, 0.15) is 11.6 Å². The number of halogens is 1. The molecule has 0 radical (unpaired) electrons. The molecule has 0 fully saturated rings. The molecule has 3 rings (SSSR count). The highest BCUT2D eigenvalue weighted by Gasteiger charge is 2.49. The molecule has 206 valence electrons. The quantitative estimate of drug-likeness (QED) is 0.178. The summed E-state index contributed by atoms with van der Waals surface area (Å²) in [6, 6.07) is 28.3. The lowest BCUT2D eigenvalue weighted by Crippen LogP contribution is -2.66. The summed E-state index contributed by atoms with van der Waals surface area (Å²) in [5.41, 5.74) is 1.03. The Hall–Kier alpha value is -3.21. The third-order valence-corrected chi connectivity index (χ3v) is 11.5. The number of rotatable bonds is 12. The minimum absolute atomic E-state index is 0.154. The monoisotopic (exact) mass is 546 g/mol. The number of aliphatic hydroxyl groups is 1. The number of hydrogen-bond donors (Lipinski definition) is 1. The van der Waals surface area contributed by atoms with Crippen molar-refractivity contribution in [2.24, 2.45) is 0 Å². The number of aliphatic hydroxyl groups excluding tert-OH is 1. The van der Waals surface area contributed by atoms with Crippen LogP contribution in [0.5, 0.6) is 5.75 Å². The van der Waals surface area contributed by atoms with Crippen LogP contribution in [0.1, 0.15) is 39.2 Å². The SMILES string of the molecule is COc1ccc(COCCC#CC(O)/C(F)=C\CCO[Si](c2ccccc2)(c2ccccc2)C(C)(C)C)cc1. The fourth-order valence-corrected chi connectivity index (χ4v) is 9.13. The summed E-state index contributed by atoms with van der Waals surface area (Å²) >= 11 is 0. The van der Waals surface area contributed by atoms with Crippen molar-refractivity contribution in [2.75, 3.05) is 20.3 Å². The second-order valence-electron chi connectivity index (χ2n) is 10.3. The third-order valence-electron chi connectivity index (χ3n) is 6.49. The van der Waals surface area contributed by atoms with Gasteiger partial charge in [-0.25, -0.2) is 4.39 Å². The topological polar surface area (TPSA) is 47.9 Å². The van der Waals surface area contributed by atoms with Gasteiger partial charge in [-0.1, -0.05) is 105 Å². The zero-order valence-corrected chi connectivity index (χ0v) is 24.3. The summed E-state index contributed by atoms with van der Waals surface area (Å²) < 4.78 is 32.1. The average molecular weight is 547 g/mol. The number of hydrogen-bond acceptors (Lipinski definition) is 4. The van der Waals surface area contributed by atoms with E-state index in [9.17, 15) is 9.50 Å². The van der Waals surface area contributed by atoms with Gasteiger partial charge in [-0.3, -0.25) is 0 Å². The van der Waals surface area contributed by atoms with Gasteiger partial charge in [0.25, 0.3) is 8.32 Å². The normalized spacial score (nSPS) is 12.9. The third kappa shape index (κ3) is 8.38. The Morgan fingerprint density at radius 1 is 0.923 bits per heavy atom. The van der Waals surface area contributed by atoms with E-state index >= 15 is 0 Å². The Morgan fingerprint density at radius 2 is 1.51 bits per heavy atom. The Morgan fingerprint density at radius 3 is 2.05 bits per heavy atom. The van der Waals surface area contributed by atoms with E-state index < -0.39 is 20.2 Å². The molecule has 0 aliphatic heterocycles. The van der Waals surface area contributed by atoms with E-state index in [0.29, 0.717) is 32.7 Å². The lowest BCUT2D eigenvalue weighted by molar-refractivity contribution is 0.126. The fourth-order valence-electron chi connectivity index (χ4n) is 4.55. The van der Waals surface area contributed by atoms with Crippen LogP contribution in [0.3, 0.4) is 0 Å². The molecule has 3 aromatic carbocycles. The largest absolute Gasteiger partial charge is 0.497 e. The molecule has 0 aromatic heterocycles. The first-order valence-corrected chi connectivity index (χ1v) is 15.2. The van der Waals surface area contributed by atoms with E-state index in [1.165, 1.54) is 16.4 Å². The zero-order chi connectivity index (χ0) is 28.1. The van der Waals surface area contributed by atoms with Gasteiger partial charge in [-0.15, -0.1) is 0 Å². The van der Waals surface area contributed by atoms with Crippen LogP contribution < -0.4 is 15.1 Å². The number of ether oxygens (including phenoxy) is 2. The van der Waals surface area contributed by atoms with Crippen LogP contribution in [0.25, 0.3) is 0 Å². The Kier molecular flexibility index (Phi) is 11.5. The molecule has 3 aromatic rings. The minimum atomic E-state index is -2.67. The van der Waals surface area contributed by atoms with Crippen molar-refractivity contribution in [3.05, 3.63) is 102 Å². The van der Waals surface area contributed by atoms with Gasteiger partial charge in [-0.05, 0) is 45.6 Å². The molecule has 0 spiro atoms. The van der Waals surface area contributed by atoms with Crippen molar-refractivity contribution < 1.29 is 23.4 Å². The molecule has 6 heteroatoms. The van der Waals surface area contributed by atoms with E-state index in [0.717, 1.165) is 11.3 Å². The van der Waals surface area contributed by atoms with Crippen molar-refractivity contribution in [3.8, 4) is 17.6 Å². The van der Waals surface area contributed by atoms with Crippen molar-refractivity contribution in [1.82, 2.24) is 0 Å². The van der Waals surface area contributed by atoms with Crippen molar-refractivity contribution in [3.63, 3.8) is 0 Å². The highest BCUT2D eigenvalue weighted by molar-refractivity contribution is 6.99. The van der Waals surface area contributed by atoms with Gasteiger partial charge in [0.15, 0.2) is 6.10 Å². The maximum Gasteiger partial charge on any atom is 0.261 e. The van der Waals surface area contributed by atoms with Crippen molar-refractivity contribution in [1.29, 1.82) is 0 Å². The first-order valence-electron chi connectivity index (χ1n) is 13.3. The van der Waals surface area contributed by atoms with Crippen LogP contribution in [0.2, 0.25) is 5.04 Å². The summed E-state index contributed by atoms with van der Waals surface area (Å²) in [5.74, 6) is 5.50. The summed E-state index contributed by atoms with van der Waals surface area (Å²) in [6.45, 7) is 7.79. The molecular formula is C33H39FO4Si. The second kappa shape index (κ2) is 14.8. The molecule has 0 aliphatic carbocycles. The lowest BCUT2D eigenvalue weighted by Gasteiger charge is -2.43. The Bertz CT molecular complexity index is 1190. The molecule has 1 atom stereocenters. The number of methoxy groups -OCH3 is 1. The van der Waals surface area contributed by atoms with Crippen LogP contribution in [0.4, 0.5) is 4.39 Å².